The number of rotatable bonds is 8. The molecule has 11 nitrogen and oxygen atoms in total. The van der Waals surface area contributed by atoms with E-state index in [4.69, 9.17) is 22.1 Å². The summed E-state index contributed by atoms with van der Waals surface area (Å²) in [5.41, 5.74) is 6.60. The number of ether oxygens (including phenoxy) is 1. The van der Waals surface area contributed by atoms with Crippen molar-refractivity contribution >= 4 is 40.7 Å². The predicted octanol–water partition coefficient (Wildman–Crippen LogP) is 3.15. The van der Waals surface area contributed by atoms with E-state index in [-0.39, 0.29) is 42.5 Å². The van der Waals surface area contributed by atoms with Gasteiger partial charge in [0.2, 0.25) is 11.8 Å². The lowest BCUT2D eigenvalue weighted by atomic mass is 9.90. The SMILES string of the molecule is COc1ncc(C2C(C(N)=O)=NN(CC(=O)N3CC(F)CC3C(=O)Nc3cccc(-c4ccccc4Cl)c3F)C2C)cn1. The van der Waals surface area contributed by atoms with E-state index in [2.05, 4.69) is 20.4 Å². The molecule has 3 N–H and O–H groups in total. The molecule has 0 radical (unpaired) electrons. The second kappa shape index (κ2) is 12.3. The number of nitrogens with one attached hydrogen (secondary N) is 1. The molecule has 3 heterocycles. The lowest BCUT2D eigenvalue weighted by Crippen LogP contribution is -2.47. The molecule has 1 saturated heterocycles. The van der Waals surface area contributed by atoms with Crippen LogP contribution < -0.4 is 15.8 Å². The summed E-state index contributed by atoms with van der Waals surface area (Å²) < 4.78 is 35.0. The zero-order chi connectivity index (χ0) is 30.8. The number of hydrogen-bond donors (Lipinski definition) is 2. The van der Waals surface area contributed by atoms with Crippen molar-refractivity contribution in [3.05, 3.63) is 71.3 Å². The van der Waals surface area contributed by atoms with Crippen molar-refractivity contribution in [1.29, 1.82) is 0 Å². The molecule has 1 fully saturated rings. The Balaban J connectivity index is 1.32. The third kappa shape index (κ3) is 5.98. The van der Waals surface area contributed by atoms with Crippen LogP contribution in [0.5, 0.6) is 6.01 Å². The molecule has 2 aliphatic heterocycles. The topological polar surface area (TPSA) is 143 Å². The number of nitrogens with two attached hydrogens (primary N) is 1. The number of carbonyl (C=O) groups is 3. The number of halogens is 3. The largest absolute Gasteiger partial charge is 0.467 e. The van der Waals surface area contributed by atoms with Crippen LogP contribution in [0, 0.1) is 5.82 Å². The maximum absolute atomic E-state index is 15.4. The van der Waals surface area contributed by atoms with E-state index in [9.17, 15) is 18.8 Å². The molecule has 224 valence electrons. The van der Waals surface area contributed by atoms with Gasteiger partial charge in [-0.1, -0.05) is 41.9 Å². The summed E-state index contributed by atoms with van der Waals surface area (Å²) >= 11 is 6.24. The van der Waals surface area contributed by atoms with E-state index in [1.165, 1.54) is 36.6 Å². The summed E-state index contributed by atoms with van der Waals surface area (Å²) in [6, 6.07) is 9.55. The monoisotopic (exact) mass is 611 g/mol. The first-order valence-corrected chi connectivity index (χ1v) is 13.8. The van der Waals surface area contributed by atoms with Crippen molar-refractivity contribution in [3.63, 3.8) is 0 Å². The minimum atomic E-state index is -1.47. The fraction of sp³-hybridized carbons (Fsp3) is 0.310. The number of anilines is 1. The zero-order valence-electron chi connectivity index (χ0n) is 23.2. The molecule has 14 heteroatoms. The van der Waals surface area contributed by atoms with Crippen molar-refractivity contribution in [2.24, 2.45) is 10.8 Å². The number of benzene rings is 2. The standard InChI is InChI=1S/C29H28ClF2N7O4/c1-15-24(16-11-34-29(43-2)35-12-16)26(27(33)41)37-39(15)14-23(40)38-13-17(31)10-22(38)28(42)36-21-9-5-7-19(25(21)32)18-6-3-4-8-20(18)30/h3-9,11-12,15,17,22,24H,10,13-14H2,1-2H3,(H2,33,41)(H,36,42). The van der Waals surface area contributed by atoms with Crippen molar-refractivity contribution in [2.75, 3.05) is 25.5 Å². The Morgan fingerprint density at radius 1 is 1.12 bits per heavy atom. The Bertz CT molecular complexity index is 1590. The number of aromatic nitrogens is 2. The summed E-state index contributed by atoms with van der Waals surface area (Å²) in [5.74, 6) is -3.49. The molecule has 4 unspecified atom stereocenters. The van der Waals surface area contributed by atoms with Gasteiger partial charge < -0.3 is 20.7 Å². The van der Waals surface area contributed by atoms with Gasteiger partial charge in [0.1, 0.15) is 24.5 Å². The van der Waals surface area contributed by atoms with Crippen LogP contribution in [0.15, 0.2) is 60.0 Å². The fourth-order valence-electron chi connectivity index (χ4n) is 5.37. The van der Waals surface area contributed by atoms with E-state index in [0.717, 1.165) is 4.90 Å². The quantitative estimate of drug-likeness (QED) is 0.398. The molecular formula is C29H28ClF2N7O4. The highest BCUT2D eigenvalue weighted by Crippen LogP contribution is 2.34. The third-order valence-corrected chi connectivity index (χ3v) is 7.85. The maximum Gasteiger partial charge on any atom is 0.316 e. The molecule has 2 aliphatic rings. The molecule has 3 aromatic rings. The van der Waals surface area contributed by atoms with Gasteiger partial charge in [-0.3, -0.25) is 19.4 Å². The Morgan fingerprint density at radius 2 is 1.81 bits per heavy atom. The second-order valence-electron chi connectivity index (χ2n) is 10.2. The molecule has 2 aromatic carbocycles. The fourth-order valence-corrected chi connectivity index (χ4v) is 5.61. The number of primary amides is 1. The number of methoxy groups -OCH3 is 1. The predicted molar refractivity (Wildman–Crippen MR) is 155 cm³/mol. The van der Waals surface area contributed by atoms with E-state index in [0.29, 0.717) is 16.1 Å². The molecule has 4 atom stereocenters. The van der Waals surface area contributed by atoms with Gasteiger partial charge in [0, 0.05) is 40.5 Å². The molecule has 0 saturated carbocycles. The summed E-state index contributed by atoms with van der Waals surface area (Å²) in [5, 5.41) is 8.48. The Morgan fingerprint density at radius 3 is 2.49 bits per heavy atom. The average molecular weight is 612 g/mol. The molecule has 5 rings (SSSR count). The first-order chi connectivity index (χ1) is 20.6. The van der Waals surface area contributed by atoms with Crippen molar-refractivity contribution in [3.8, 4) is 17.1 Å². The molecule has 1 aromatic heterocycles. The third-order valence-electron chi connectivity index (χ3n) is 7.52. The van der Waals surface area contributed by atoms with E-state index in [1.54, 1.807) is 37.3 Å². The van der Waals surface area contributed by atoms with Crippen LogP contribution in [0.3, 0.4) is 0 Å². The van der Waals surface area contributed by atoms with Crippen molar-refractivity contribution in [2.45, 2.75) is 37.5 Å². The normalized spacial score (nSPS) is 21.5. The van der Waals surface area contributed by atoms with Gasteiger partial charge in [0.25, 0.3) is 5.91 Å². The Hall–Kier alpha value is -4.65. The second-order valence-corrected chi connectivity index (χ2v) is 10.6. The van der Waals surface area contributed by atoms with Crippen LogP contribution in [0.1, 0.15) is 24.8 Å². The molecule has 0 spiro atoms. The van der Waals surface area contributed by atoms with Gasteiger partial charge in [-0.25, -0.2) is 18.7 Å². The first-order valence-electron chi connectivity index (χ1n) is 13.4. The van der Waals surface area contributed by atoms with Crippen LogP contribution in [-0.2, 0) is 14.4 Å². The first kappa shape index (κ1) is 29.8. The molecule has 3 amide bonds. The lowest BCUT2D eigenvalue weighted by molar-refractivity contribution is -0.138. The Kier molecular flexibility index (Phi) is 8.53. The molecule has 43 heavy (non-hydrogen) atoms. The van der Waals surface area contributed by atoms with Crippen molar-refractivity contribution < 1.29 is 27.9 Å². The average Bonchev–Trinajstić information content (AvgIpc) is 3.54. The zero-order valence-corrected chi connectivity index (χ0v) is 24.0. The van der Waals surface area contributed by atoms with Crippen LogP contribution in [-0.4, -0.2) is 81.8 Å². The number of likely N-dealkylation sites (tertiary alicyclic amines) is 1. The van der Waals surface area contributed by atoms with E-state index < -0.39 is 47.7 Å². The summed E-state index contributed by atoms with van der Waals surface area (Å²) in [4.78, 5) is 48.2. The number of hydrogen-bond acceptors (Lipinski definition) is 8. The van der Waals surface area contributed by atoms with Gasteiger partial charge in [-0.15, -0.1) is 0 Å². The van der Waals surface area contributed by atoms with Crippen LogP contribution in [0.2, 0.25) is 5.02 Å². The molecular weight excluding hydrogens is 584 g/mol. The smallest absolute Gasteiger partial charge is 0.316 e. The van der Waals surface area contributed by atoms with E-state index >= 15 is 4.39 Å². The number of nitrogens with zero attached hydrogens (tertiary/aromatic N) is 5. The Labute approximate surface area is 250 Å². The summed E-state index contributed by atoms with van der Waals surface area (Å²) in [6.07, 6.45) is 1.22. The molecule has 0 bridgehead atoms. The number of alkyl halides is 1. The van der Waals surface area contributed by atoms with Gasteiger partial charge in [-0.05, 0) is 19.1 Å². The highest BCUT2D eigenvalue weighted by molar-refractivity contribution is 6.41. The van der Waals surface area contributed by atoms with Gasteiger partial charge in [-0.2, -0.15) is 5.10 Å². The van der Waals surface area contributed by atoms with Gasteiger partial charge >= 0.3 is 6.01 Å². The van der Waals surface area contributed by atoms with Crippen LogP contribution >= 0.6 is 11.6 Å². The highest BCUT2D eigenvalue weighted by Gasteiger charge is 2.43. The van der Waals surface area contributed by atoms with Crippen molar-refractivity contribution in [1.82, 2.24) is 19.9 Å². The highest BCUT2D eigenvalue weighted by atomic mass is 35.5. The number of amides is 3. The number of hydrazone groups is 1. The molecule has 0 aliphatic carbocycles. The lowest BCUT2D eigenvalue weighted by Gasteiger charge is -2.28. The minimum absolute atomic E-state index is 0.00188. The van der Waals surface area contributed by atoms with Crippen LogP contribution in [0.25, 0.3) is 11.1 Å². The van der Waals surface area contributed by atoms with Gasteiger partial charge in [0.15, 0.2) is 5.82 Å². The van der Waals surface area contributed by atoms with Crippen LogP contribution in [0.4, 0.5) is 14.5 Å². The van der Waals surface area contributed by atoms with E-state index in [1.807, 2.05) is 0 Å². The van der Waals surface area contributed by atoms with Gasteiger partial charge in [0.05, 0.1) is 31.3 Å². The number of carbonyl (C=O) groups excluding carboxylic acids is 3. The maximum atomic E-state index is 15.4. The summed E-state index contributed by atoms with van der Waals surface area (Å²) in [7, 11) is 1.42. The minimum Gasteiger partial charge on any atom is -0.467 e. The summed E-state index contributed by atoms with van der Waals surface area (Å²) in [6.45, 7) is 1.05.